The standard InChI is InChI=1S/C15H17NO4.Na/c1-11(17)15(12-5-3-2-4-6-12)7-9-16(10-8-15)13(18)14(19)20;/h2-6H,7-10H2,1H3,(H,19,20);/q;+1/p-1. The van der Waals surface area contributed by atoms with Gasteiger partial charge in [-0.1, -0.05) is 30.3 Å². The van der Waals surface area contributed by atoms with Gasteiger partial charge in [-0.05, 0) is 25.3 Å². The molecule has 1 aliphatic rings. The Labute approximate surface area is 145 Å². The maximum absolute atomic E-state index is 12.1. The number of carboxylic acids is 1. The van der Waals surface area contributed by atoms with E-state index >= 15 is 0 Å². The van der Waals surface area contributed by atoms with Crippen molar-refractivity contribution >= 4 is 17.7 Å². The first-order chi connectivity index (χ1) is 9.47. The maximum Gasteiger partial charge on any atom is 1.00 e. The molecule has 0 aliphatic carbocycles. The van der Waals surface area contributed by atoms with E-state index < -0.39 is 17.3 Å². The number of rotatable bonds is 2. The summed E-state index contributed by atoms with van der Waals surface area (Å²) in [6, 6.07) is 9.43. The number of benzene rings is 1. The van der Waals surface area contributed by atoms with Crippen molar-refractivity contribution in [3.63, 3.8) is 0 Å². The van der Waals surface area contributed by atoms with Crippen molar-refractivity contribution in [1.29, 1.82) is 0 Å². The summed E-state index contributed by atoms with van der Waals surface area (Å²) in [6.07, 6.45) is 0.872. The number of Topliss-reactive ketones (excluding diaryl/α,β-unsaturated/α-hetero) is 1. The third-order valence-corrected chi connectivity index (χ3v) is 4.08. The van der Waals surface area contributed by atoms with E-state index in [1.807, 2.05) is 30.3 Å². The zero-order chi connectivity index (χ0) is 14.8. The summed E-state index contributed by atoms with van der Waals surface area (Å²) >= 11 is 0. The number of carboxylic acid groups (broad SMARTS) is 1. The van der Waals surface area contributed by atoms with E-state index in [0.717, 1.165) is 5.56 Å². The number of hydrogen-bond acceptors (Lipinski definition) is 4. The summed E-state index contributed by atoms with van der Waals surface area (Å²) in [5, 5.41) is 10.6. The summed E-state index contributed by atoms with van der Waals surface area (Å²) in [4.78, 5) is 35.3. The van der Waals surface area contributed by atoms with E-state index in [1.54, 1.807) is 6.92 Å². The Balaban J connectivity index is 0.00000220. The van der Waals surface area contributed by atoms with Gasteiger partial charge in [0.1, 0.15) is 11.8 Å². The SMILES string of the molecule is CC(=O)C1(c2ccccc2)CCN(C(=O)C(=O)[O-])CC1.[Na+]. The van der Waals surface area contributed by atoms with Gasteiger partial charge in [-0.2, -0.15) is 0 Å². The molecule has 1 amide bonds. The predicted octanol–water partition coefficient (Wildman–Crippen LogP) is -3.11. The van der Waals surface area contributed by atoms with Crippen LogP contribution in [-0.4, -0.2) is 35.6 Å². The van der Waals surface area contributed by atoms with Gasteiger partial charge in [-0.15, -0.1) is 0 Å². The molecule has 1 aromatic carbocycles. The van der Waals surface area contributed by atoms with Crippen molar-refractivity contribution in [3.05, 3.63) is 35.9 Å². The Kier molecular flexibility index (Phi) is 6.13. The quantitative estimate of drug-likeness (QED) is 0.428. The molecule has 1 heterocycles. The van der Waals surface area contributed by atoms with Crippen molar-refractivity contribution in [2.24, 2.45) is 0 Å². The summed E-state index contributed by atoms with van der Waals surface area (Å²) in [5.41, 5.74) is 0.303. The second kappa shape index (κ2) is 7.20. The summed E-state index contributed by atoms with van der Waals surface area (Å²) in [5.74, 6) is -2.65. The Hall–Kier alpha value is -1.17. The molecule has 5 nitrogen and oxygen atoms in total. The molecule has 106 valence electrons. The molecule has 0 unspecified atom stereocenters. The number of hydrogen-bond donors (Lipinski definition) is 0. The number of carbonyl (C=O) groups excluding carboxylic acids is 3. The van der Waals surface area contributed by atoms with Crippen LogP contribution in [-0.2, 0) is 19.8 Å². The van der Waals surface area contributed by atoms with Gasteiger partial charge in [0.05, 0.1) is 5.41 Å². The van der Waals surface area contributed by atoms with Crippen molar-refractivity contribution in [2.45, 2.75) is 25.2 Å². The van der Waals surface area contributed by atoms with E-state index in [9.17, 15) is 19.5 Å². The Bertz CT molecular complexity index is 536. The third-order valence-electron chi connectivity index (χ3n) is 4.08. The van der Waals surface area contributed by atoms with Gasteiger partial charge in [0.25, 0.3) is 5.91 Å². The molecule has 21 heavy (non-hydrogen) atoms. The number of piperidine rings is 1. The molecule has 0 radical (unpaired) electrons. The van der Waals surface area contributed by atoms with E-state index in [0.29, 0.717) is 12.8 Å². The van der Waals surface area contributed by atoms with Crippen LogP contribution < -0.4 is 34.7 Å². The van der Waals surface area contributed by atoms with Crippen LogP contribution in [0.3, 0.4) is 0 Å². The largest absolute Gasteiger partial charge is 1.00 e. The van der Waals surface area contributed by atoms with Gasteiger partial charge in [-0.25, -0.2) is 0 Å². The molecule has 0 bridgehead atoms. The van der Waals surface area contributed by atoms with E-state index in [4.69, 9.17) is 0 Å². The van der Waals surface area contributed by atoms with Gasteiger partial charge in [-0.3, -0.25) is 9.59 Å². The number of ketones is 1. The number of nitrogens with zero attached hydrogens (tertiary/aromatic N) is 1. The van der Waals surface area contributed by atoms with Crippen molar-refractivity contribution in [1.82, 2.24) is 4.90 Å². The minimum absolute atomic E-state index is 0. The molecule has 0 aromatic heterocycles. The van der Waals surface area contributed by atoms with E-state index in [-0.39, 0.29) is 48.4 Å². The van der Waals surface area contributed by atoms with Gasteiger partial charge in [0.15, 0.2) is 0 Å². The molecule has 1 aromatic rings. The van der Waals surface area contributed by atoms with E-state index in [1.165, 1.54) is 4.90 Å². The zero-order valence-electron chi connectivity index (χ0n) is 12.3. The Morgan fingerprint density at radius 2 is 1.62 bits per heavy atom. The fraction of sp³-hybridized carbons (Fsp3) is 0.400. The average Bonchev–Trinajstić information content (AvgIpc) is 2.47. The summed E-state index contributed by atoms with van der Waals surface area (Å²) in [7, 11) is 0. The first kappa shape index (κ1) is 17.9. The summed E-state index contributed by atoms with van der Waals surface area (Å²) < 4.78 is 0. The molecule has 0 N–H and O–H groups in total. The summed E-state index contributed by atoms with van der Waals surface area (Å²) in [6.45, 7) is 2.05. The molecule has 0 atom stereocenters. The topological polar surface area (TPSA) is 77.5 Å². The minimum atomic E-state index is -1.69. The van der Waals surface area contributed by atoms with Crippen molar-refractivity contribution < 1.29 is 49.0 Å². The van der Waals surface area contributed by atoms with Crippen LogP contribution in [0.25, 0.3) is 0 Å². The molecular weight excluding hydrogens is 281 g/mol. The molecule has 1 fully saturated rings. The monoisotopic (exact) mass is 297 g/mol. The molecule has 2 rings (SSSR count). The third kappa shape index (κ3) is 3.54. The second-order valence-corrected chi connectivity index (χ2v) is 5.08. The predicted molar refractivity (Wildman–Crippen MR) is 69.6 cm³/mol. The smallest absolute Gasteiger partial charge is 0.540 e. The van der Waals surface area contributed by atoms with Gasteiger partial charge in [0, 0.05) is 13.1 Å². The van der Waals surface area contributed by atoms with Gasteiger partial charge < -0.3 is 14.8 Å². The van der Waals surface area contributed by atoms with Crippen LogP contribution in [0.15, 0.2) is 30.3 Å². The van der Waals surface area contributed by atoms with Crippen LogP contribution in [0.2, 0.25) is 0 Å². The number of likely N-dealkylation sites (tertiary alicyclic amines) is 1. The van der Waals surface area contributed by atoms with Crippen LogP contribution >= 0.6 is 0 Å². The van der Waals surface area contributed by atoms with Crippen LogP contribution in [0.5, 0.6) is 0 Å². The zero-order valence-corrected chi connectivity index (χ0v) is 14.3. The average molecular weight is 297 g/mol. The Morgan fingerprint density at radius 1 is 1.10 bits per heavy atom. The van der Waals surface area contributed by atoms with Gasteiger partial charge in [0.2, 0.25) is 0 Å². The number of amides is 1. The first-order valence-electron chi connectivity index (χ1n) is 6.54. The van der Waals surface area contributed by atoms with Crippen LogP contribution in [0.1, 0.15) is 25.3 Å². The second-order valence-electron chi connectivity index (χ2n) is 5.08. The van der Waals surface area contributed by atoms with Crippen molar-refractivity contribution in [2.75, 3.05) is 13.1 Å². The fourth-order valence-corrected chi connectivity index (χ4v) is 2.82. The molecular formula is C15H16NNaO4. The molecule has 0 spiro atoms. The number of aliphatic carboxylic acids is 1. The van der Waals surface area contributed by atoms with Crippen LogP contribution in [0, 0.1) is 0 Å². The van der Waals surface area contributed by atoms with Gasteiger partial charge >= 0.3 is 29.6 Å². The van der Waals surface area contributed by atoms with Crippen LogP contribution in [0.4, 0.5) is 0 Å². The maximum atomic E-state index is 12.1. The first-order valence-corrected chi connectivity index (χ1v) is 6.54. The molecule has 1 aliphatic heterocycles. The molecule has 6 heteroatoms. The van der Waals surface area contributed by atoms with Crippen molar-refractivity contribution in [3.8, 4) is 0 Å². The molecule has 1 saturated heterocycles. The normalized spacial score (nSPS) is 16.7. The minimum Gasteiger partial charge on any atom is -0.540 e. The Morgan fingerprint density at radius 3 is 2.05 bits per heavy atom. The molecule has 0 saturated carbocycles. The van der Waals surface area contributed by atoms with E-state index in [2.05, 4.69) is 0 Å². The number of carbonyl (C=O) groups is 3. The fourth-order valence-electron chi connectivity index (χ4n) is 2.82.